The molecule has 1 amide bonds. The standard InChI is InChI=1S/C17H22N2O4/c1-10-14-11(5-4-6-12(14)20)18-15(10)16(23)19-17(9-13(21)22)7-2-3-8-17/h18H,2-9H2,1H3,(H,19,23)(H,21,22). The van der Waals surface area contributed by atoms with Gasteiger partial charge in [0, 0.05) is 17.7 Å². The van der Waals surface area contributed by atoms with E-state index in [1.807, 2.05) is 0 Å². The first-order valence-corrected chi connectivity index (χ1v) is 8.21. The van der Waals surface area contributed by atoms with Crippen LogP contribution in [0.2, 0.25) is 0 Å². The van der Waals surface area contributed by atoms with Crippen LogP contribution in [-0.4, -0.2) is 33.3 Å². The Morgan fingerprint density at radius 2 is 1.91 bits per heavy atom. The topological polar surface area (TPSA) is 99.3 Å². The van der Waals surface area contributed by atoms with E-state index in [0.29, 0.717) is 36.1 Å². The van der Waals surface area contributed by atoms with Crippen molar-refractivity contribution >= 4 is 17.7 Å². The molecule has 124 valence electrons. The van der Waals surface area contributed by atoms with Gasteiger partial charge in [-0.15, -0.1) is 0 Å². The van der Waals surface area contributed by atoms with Gasteiger partial charge < -0.3 is 15.4 Å². The van der Waals surface area contributed by atoms with Crippen LogP contribution in [0.3, 0.4) is 0 Å². The summed E-state index contributed by atoms with van der Waals surface area (Å²) in [5.41, 5.74) is 1.92. The summed E-state index contributed by atoms with van der Waals surface area (Å²) in [4.78, 5) is 39.0. The minimum Gasteiger partial charge on any atom is -0.481 e. The van der Waals surface area contributed by atoms with Crippen molar-refractivity contribution in [2.24, 2.45) is 0 Å². The molecule has 0 radical (unpaired) electrons. The summed E-state index contributed by atoms with van der Waals surface area (Å²) in [6.45, 7) is 1.78. The zero-order valence-electron chi connectivity index (χ0n) is 13.3. The first kappa shape index (κ1) is 15.8. The maximum Gasteiger partial charge on any atom is 0.305 e. The first-order chi connectivity index (χ1) is 10.9. The molecular formula is C17H22N2O4. The maximum absolute atomic E-state index is 12.7. The molecule has 6 heteroatoms. The molecule has 1 aromatic heterocycles. The van der Waals surface area contributed by atoms with Crippen LogP contribution in [0.4, 0.5) is 0 Å². The fraction of sp³-hybridized carbons (Fsp3) is 0.588. The Bertz CT molecular complexity index is 668. The van der Waals surface area contributed by atoms with Gasteiger partial charge in [0.15, 0.2) is 5.78 Å². The van der Waals surface area contributed by atoms with Crippen LogP contribution in [0, 0.1) is 6.92 Å². The molecule has 3 rings (SSSR count). The van der Waals surface area contributed by atoms with Crippen LogP contribution in [0.25, 0.3) is 0 Å². The Kier molecular flexibility index (Phi) is 4.00. The van der Waals surface area contributed by atoms with Crippen LogP contribution in [0.5, 0.6) is 0 Å². The number of carbonyl (C=O) groups is 3. The Morgan fingerprint density at radius 1 is 1.22 bits per heavy atom. The van der Waals surface area contributed by atoms with Crippen LogP contribution >= 0.6 is 0 Å². The molecule has 2 aliphatic carbocycles. The van der Waals surface area contributed by atoms with Gasteiger partial charge in [-0.3, -0.25) is 14.4 Å². The summed E-state index contributed by atoms with van der Waals surface area (Å²) in [6, 6.07) is 0. The highest BCUT2D eigenvalue weighted by atomic mass is 16.4. The van der Waals surface area contributed by atoms with Gasteiger partial charge in [-0.2, -0.15) is 0 Å². The Labute approximate surface area is 134 Å². The molecule has 0 saturated heterocycles. The largest absolute Gasteiger partial charge is 0.481 e. The van der Waals surface area contributed by atoms with Crippen molar-refractivity contribution in [2.75, 3.05) is 0 Å². The molecule has 0 aliphatic heterocycles. The minimum absolute atomic E-state index is 0.0584. The smallest absolute Gasteiger partial charge is 0.305 e. The molecular weight excluding hydrogens is 296 g/mol. The van der Waals surface area contributed by atoms with Gasteiger partial charge in [0.1, 0.15) is 5.69 Å². The highest BCUT2D eigenvalue weighted by Gasteiger charge is 2.38. The lowest BCUT2D eigenvalue weighted by atomic mass is 9.92. The second kappa shape index (κ2) is 5.83. The third kappa shape index (κ3) is 2.90. The van der Waals surface area contributed by atoms with Crippen LogP contribution in [-0.2, 0) is 11.2 Å². The normalized spacial score (nSPS) is 19.4. The van der Waals surface area contributed by atoms with E-state index in [9.17, 15) is 14.4 Å². The van der Waals surface area contributed by atoms with E-state index in [1.165, 1.54) is 0 Å². The molecule has 0 bridgehead atoms. The number of aryl methyl sites for hydroxylation is 1. The van der Waals surface area contributed by atoms with Crippen LogP contribution in [0.15, 0.2) is 0 Å². The van der Waals surface area contributed by atoms with Crippen molar-refractivity contribution in [3.63, 3.8) is 0 Å². The molecule has 1 aromatic rings. The Hall–Kier alpha value is -2.11. The van der Waals surface area contributed by atoms with Crippen molar-refractivity contribution in [3.8, 4) is 0 Å². The highest BCUT2D eigenvalue weighted by molar-refractivity contribution is 6.04. The number of hydrogen-bond acceptors (Lipinski definition) is 3. The minimum atomic E-state index is -0.898. The van der Waals surface area contributed by atoms with E-state index in [4.69, 9.17) is 5.11 Å². The number of carboxylic acids is 1. The second-order valence-corrected chi connectivity index (χ2v) is 6.77. The fourth-order valence-corrected chi connectivity index (χ4v) is 3.99. The quantitative estimate of drug-likeness (QED) is 0.793. The first-order valence-electron chi connectivity index (χ1n) is 8.21. The number of hydrogen-bond donors (Lipinski definition) is 3. The van der Waals surface area contributed by atoms with E-state index in [0.717, 1.165) is 31.4 Å². The number of aromatic nitrogens is 1. The van der Waals surface area contributed by atoms with Gasteiger partial charge in [0.05, 0.1) is 12.0 Å². The van der Waals surface area contributed by atoms with Crippen LogP contribution in [0.1, 0.15) is 77.0 Å². The molecule has 2 aliphatic rings. The molecule has 0 aromatic carbocycles. The lowest BCUT2D eigenvalue weighted by Crippen LogP contribution is -2.48. The lowest BCUT2D eigenvalue weighted by Gasteiger charge is -2.28. The van der Waals surface area contributed by atoms with E-state index in [2.05, 4.69) is 10.3 Å². The van der Waals surface area contributed by atoms with Gasteiger partial charge in [-0.25, -0.2) is 0 Å². The predicted octanol–water partition coefficient (Wildman–Crippen LogP) is 2.36. The third-order valence-corrected chi connectivity index (χ3v) is 5.09. The number of rotatable bonds is 4. The number of carbonyl (C=O) groups excluding carboxylic acids is 2. The van der Waals surface area contributed by atoms with Crippen molar-refractivity contribution in [1.29, 1.82) is 0 Å². The number of Topliss-reactive ketones (excluding diaryl/α,β-unsaturated/α-hetero) is 1. The molecule has 0 spiro atoms. The zero-order valence-corrected chi connectivity index (χ0v) is 13.3. The summed E-state index contributed by atoms with van der Waals surface area (Å²) in [5.74, 6) is -1.11. The van der Waals surface area contributed by atoms with Gasteiger partial charge in [0.2, 0.25) is 0 Å². The predicted molar refractivity (Wildman–Crippen MR) is 83.7 cm³/mol. The Balaban J connectivity index is 1.86. The lowest BCUT2D eigenvalue weighted by molar-refractivity contribution is -0.138. The molecule has 6 nitrogen and oxygen atoms in total. The number of aliphatic carboxylic acids is 1. The highest BCUT2D eigenvalue weighted by Crippen LogP contribution is 2.33. The number of H-pyrrole nitrogens is 1. The summed E-state index contributed by atoms with van der Waals surface area (Å²) in [7, 11) is 0. The van der Waals surface area contributed by atoms with Crippen molar-refractivity contribution in [3.05, 3.63) is 22.5 Å². The van der Waals surface area contributed by atoms with E-state index >= 15 is 0 Å². The van der Waals surface area contributed by atoms with Crippen molar-refractivity contribution in [2.45, 2.75) is 63.8 Å². The van der Waals surface area contributed by atoms with Gasteiger partial charge in [-0.1, -0.05) is 12.8 Å². The number of fused-ring (bicyclic) bond motifs is 1. The number of amides is 1. The molecule has 1 saturated carbocycles. The molecule has 0 atom stereocenters. The van der Waals surface area contributed by atoms with Gasteiger partial charge >= 0.3 is 5.97 Å². The number of ketones is 1. The number of nitrogens with one attached hydrogen (secondary N) is 2. The zero-order chi connectivity index (χ0) is 16.6. The molecule has 1 heterocycles. The van der Waals surface area contributed by atoms with Crippen molar-refractivity contribution < 1.29 is 19.5 Å². The summed E-state index contributed by atoms with van der Waals surface area (Å²) >= 11 is 0. The van der Waals surface area contributed by atoms with E-state index in [-0.39, 0.29) is 18.1 Å². The molecule has 1 fully saturated rings. The summed E-state index contributed by atoms with van der Waals surface area (Å²) in [5, 5.41) is 12.1. The maximum atomic E-state index is 12.7. The molecule has 23 heavy (non-hydrogen) atoms. The van der Waals surface area contributed by atoms with E-state index < -0.39 is 11.5 Å². The van der Waals surface area contributed by atoms with Crippen molar-refractivity contribution in [1.82, 2.24) is 10.3 Å². The SMILES string of the molecule is Cc1c(C(=O)NC2(CC(=O)O)CCCC2)[nH]c2c1C(=O)CCC2. The molecule has 0 unspecified atom stereocenters. The third-order valence-electron chi connectivity index (χ3n) is 5.09. The second-order valence-electron chi connectivity index (χ2n) is 6.77. The van der Waals surface area contributed by atoms with Crippen LogP contribution < -0.4 is 5.32 Å². The summed E-state index contributed by atoms with van der Waals surface area (Å²) in [6.07, 6.45) is 5.25. The van der Waals surface area contributed by atoms with E-state index in [1.54, 1.807) is 6.92 Å². The summed E-state index contributed by atoms with van der Waals surface area (Å²) < 4.78 is 0. The number of carboxylic acid groups (broad SMARTS) is 1. The monoisotopic (exact) mass is 318 g/mol. The Morgan fingerprint density at radius 3 is 2.52 bits per heavy atom. The number of aromatic amines is 1. The average molecular weight is 318 g/mol. The average Bonchev–Trinajstić information content (AvgIpc) is 3.04. The molecule has 3 N–H and O–H groups in total. The van der Waals surface area contributed by atoms with Gasteiger partial charge in [-0.05, 0) is 38.2 Å². The fourth-order valence-electron chi connectivity index (χ4n) is 3.99. The van der Waals surface area contributed by atoms with Gasteiger partial charge in [0.25, 0.3) is 5.91 Å².